The molecular formula is C19H18O2S. The fourth-order valence-electron chi connectivity index (χ4n) is 3.52. The quantitative estimate of drug-likeness (QED) is 0.512. The van der Waals surface area contributed by atoms with E-state index < -0.39 is 0 Å². The Hall–Kier alpha value is -1.74. The van der Waals surface area contributed by atoms with Crippen LogP contribution < -0.4 is 5.43 Å². The Morgan fingerprint density at radius 2 is 1.91 bits per heavy atom. The van der Waals surface area contributed by atoms with Crippen molar-refractivity contribution in [3.05, 3.63) is 58.4 Å². The molecule has 1 heterocycles. The summed E-state index contributed by atoms with van der Waals surface area (Å²) in [5.41, 5.74) is 0.783. The highest BCUT2D eigenvalue weighted by Crippen LogP contribution is 2.36. The zero-order chi connectivity index (χ0) is 15.1. The van der Waals surface area contributed by atoms with Crippen LogP contribution in [-0.2, 0) is 0 Å². The third-order valence-electron chi connectivity index (χ3n) is 4.69. The van der Waals surface area contributed by atoms with Crippen molar-refractivity contribution < 1.29 is 4.42 Å². The third-order valence-corrected chi connectivity index (χ3v) is 5.16. The van der Waals surface area contributed by atoms with Gasteiger partial charge in [0.15, 0.2) is 5.43 Å². The predicted octanol–water partition coefficient (Wildman–Crippen LogP) is 4.90. The Bertz CT molecular complexity index is 897. The van der Waals surface area contributed by atoms with Gasteiger partial charge in [0.05, 0.1) is 5.39 Å². The molecule has 2 unspecified atom stereocenters. The van der Waals surface area contributed by atoms with Gasteiger partial charge in [-0.3, -0.25) is 4.79 Å². The highest BCUT2D eigenvalue weighted by molar-refractivity contribution is 7.80. The normalized spacial score (nSPS) is 22.2. The van der Waals surface area contributed by atoms with Crippen LogP contribution in [0, 0.1) is 0 Å². The summed E-state index contributed by atoms with van der Waals surface area (Å²) in [4.78, 5) is 12.5. The van der Waals surface area contributed by atoms with E-state index in [9.17, 15) is 4.79 Å². The van der Waals surface area contributed by atoms with Gasteiger partial charge in [-0.1, -0.05) is 36.8 Å². The molecule has 3 heteroatoms. The molecule has 1 aliphatic rings. The van der Waals surface area contributed by atoms with Crippen LogP contribution in [0.15, 0.2) is 51.7 Å². The number of hydrogen-bond acceptors (Lipinski definition) is 3. The summed E-state index contributed by atoms with van der Waals surface area (Å²) < 4.78 is 6.21. The molecular weight excluding hydrogens is 292 g/mol. The predicted molar refractivity (Wildman–Crippen MR) is 94.0 cm³/mol. The minimum Gasteiger partial charge on any atom is -0.460 e. The lowest BCUT2D eigenvalue weighted by Crippen LogP contribution is -2.15. The third kappa shape index (κ3) is 2.34. The van der Waals surface area contributed by atoms with Gasteiger partial charge in [-0.25, -0.2) is 0 Å². The van der Waals surface area contributed by atoms with Gasteiger partial charge in [0.1, 0.15) is 11.3 Å². The van der Waals surface area contributed by atoms with Crippen molar-refractivity contribution in [1.82, 2.24) is 0 Å². The number of thiol groups is 1. The first-order valence-corrected chi connectivity index (χ1v) is 8.37. The average Bonchev–Trinajstić information content (AvgIpc) is 2.54. The van der Waals surface area contributed by atoms with Gasteiger partial charge in [-0.2, -0.15) is 12.6 Å². The minimum absolute atomic E-state index is 0.0586. The molecule has 0 saturated heterocycles. The lowest BCUT2D eigenvalue weighted by molar-refractivity contribution is 0.388. The smallest absolute Gasteiger partial charge is 0.192 e. The van der Waals surface area contributed by atoms with Gasteiger partial charge >= 0.3 is 0 Å². The van der Waals surface area contributed by atoms with Crippen LogP contribution in [0.2, 0.25) is 0 Å². The summed E-state index contributed by atoms with van der Waals surface area (Å²) in [7, 11) is 0. The van der Waals surface area contributed by atoms with Gasteiger partial charge in [0, 0.05) is 22.6 Å². The van der Waals surface area contributed by atoms with E-state index in [2.05, 4.69) is 12.6 Å². The molecule has 2 aromatic carbocycles. The topological polar surface area (TPSA) is 30.2 Å². The molecule has 2 atom stereocenters. The van der Waals surface area contributed by atoms with Crippen molar-refractivity contribution in [3.63, 3.8) is 0 Å². The summed E-state index contributed by atoms with van der Waals surface area (Å²) in [6, 6.07) is 13.6. The van der Waals surface area contributed by atoms with E-state index in [1.807, 2.05) is 36.4 Å². The maximum absolute atomic E-state index is 12.5. The van der Waals surface area contributed by atoms with E-state index in [0.717, 1.165) is 47.8 Å². The van der Waals surface area contributed by atoms with E-state index in [4.69, 9.17) is 4.42 Å². The molecule has 0 N–H and O–H groups in total. The van der Waals surface area contributed by atoms with Gasteiger partial charge < -0.3 is 4.42 Å². The number of rotatable bonds is 1. The summed E-state index contributed by atoms with van der Waals surface area (Å²) in [6.45, 7) is 0. The lowest BCUT2D eigenvalue weighted by atomic mass is 9.87. The fraction of sp³-hybridized carbons (Fsp3) is 0.316. The minimum atomic E-state index is 0.0586. The van der Waals surface area contributed by atoms with Crippen molar-refractivity contribution in [2.24, 2.45) is 0 Å². The molecule has 1 fully saturated rings. The van der Waals surface area contributed by atoms with Crippen LogP contribution in [0.3, 0.4) is 0 Å². The van der Waals surface area contributed by atoms with Gasteiger partial charge in [-0.05, 0) is 30.7 Å². The standard InChI is InChI=1S/C19H18O2S/c20-17-11-18(13-5-3-6-14(22)10-13)21-19-15-7-2-1-4-12(15)8-9-16(17)19/h1-2,4,7-9,11,13-14,22H,3,5-6,10H2. The molecule has 3 aromatic rings. The highest BCUT2D eigenvalue weighted by Gasteiger charge is 2.24. The zero-order valence-corrected chi connectivity index (χ0v) is 13.2. The number of fused-ring (bicyclic) bond motifs is 3. The largest absolute Gasteiger partial charge is 0.460 e. The van der Waals surface area contributed by atoms with Gasteiger partial charge in [0.2, 0.25) is 0 Å². The molecule has 0 aliphatic heterocycles. The maximum atomic E-state index is 12.5. The Kier molecular flexibility index (Phi) is 3.45. The first kappa shape index (κ1) is 13.9. The van der Waals surface area contributed by atoms with Crippen molar-refractivity contribution in [3.8, 4) is 0 Å². The van der Waals surface area contributed by atoms with Gasteiger partial charge in [0.25, 0.3) is 0 Å². The van der Waals surface area contributed by atoms with E-state index in [-0.39, 0.29) is 5.43 Å². The molecule has 112 valence electrons. The van der Waals surface area contributed by atoms with Crippen LogP contribution in [-0.4, -0.2) is 5.25 Å². The SMILES string of the molecule is O=c1cc(C2CCCC(S)C2)oc2c1ccc1ccccc12. The van der Waals surface area contributed by atoms with Gasteiger partial charge in [-0.15, -0.1) is 0 Å². The average molecular weight is 310 g/mol. The molecule has 1 aromatic heterocycles. The number of hydrogen-bond donors (Lipinski definition) is 1. The molecule has 2 nitrogen and oxygen atoms in total. The molecule has 0 amide bonds. The van der Waals surface area contributed by atoms with Crippen LogP contribution in [0.25, 0.3) is 21.7 Å². The molecule has 0 radical (unpaired) electrons. The first-order chi connectivity index (χ1) is 10.7. The fourth-order valence-corrected chi connectivity index (χ4v) is 3.96. The molecule has 4 rings (SSSR count). The second-order valence-corrected chi connectivity index (χ2v) is 6.92. The Morgan fingerprint density at radius 3 is 2.77 bits per heavy atom. The summed E-state index contributed by atoms with van der Waals surface area (Å²) in [5.74, 6) is 1.14. The van der Waals surface area contributed by atoms with Crippen molar-refractivity contribution in [2.75, 3.05) is 0 Å². The molecule has 1 aliphatic carbocycles. The van der Waals surface area contributed by atoms with E-state index in [1.165, 1.54) is 0 Å². The molecule has 22 heavy (non-hydrogen) atoms. The maximum Gasteiger partial charge on any atom is 0.192 e. The van der Waals surface area contributed by atoms with Crippen LogP contribution in [0.5, 0.6) is 0 Å². The zero-order valence-electron chi connectivity index (χ0n) is 12.3. The number of benzene rings is 2. The first-order valence-electron chi connectivity index (χ1n) is 7.86. The van der Waals surface area contributed by atoms with Crippen LogP contribution >= 0.6 is 12.6 Å². The summed E-state index contributed by atoms with van der Waals surface area (Å²) in [5, 5.41) is 3.19. The van der Waals surface area contributed by atoms with E-state index in [0.29, 0.717) is 16.6 Å². The molecule has 0 spiro atoms. The second kappa shape index (κ2) is 5.47. The van der Waals surface area contributed by atoms with E-state index >= 15 is 0 Å². The van der Waals surface area contributed by atoms with Crippen molar-refractivity contribution in [1.29, 1.82) is 0 Å². The highest BCUT2D eigenvalue weighted by atomic mass is 32.1. The molecule has 0 bridgehead atoms. The summed E-state index contributed by atoms with van der Waals surface area (Å²) in [6.07, 6.45) is 4.37. The Morgan fingerprint density at radius 1 is 1.05 bits per heavy atom. The molecule has 1 saturated carbocycles. The lowest BCUT2D eigenvalue weighted by Gasteiger charge is -2.25. The van der Waals surface area contributed by atoms with Crippen molar-refractivity contribution in [2.45, 2.75) is 36.9 Å². The van der Waals surface area contributed by atoms with Crippen LogP contribution in [0.4, 0.5) is 0 Å². The van der Waals surface area contributed by atoms with Crippen molar-refractivity contribution >= 4 is 34.4 Å². The monoisotopic (exact) mass is 310 g/mol. The Labute approximate surface area is 134 Å². The second-order valence-electron chi connectivity index (χ2n) is 6.19. The summed E-state index contributed by atoms with van der Waals surface area (Å²) >= 11 is 4.61. The van der Waals surface area contributed by atoms with Crippen LogP contribution in [0.1, 0.15) is 37.4 Å². The van der Waals surface area contributed by atoms with E-state index in [1.54, 1.807) is 6.07 Å². The Balaban J connectivity index is 1.94.